The molecule has 0 saturated heterocycles. The summed E-state index contributed by atoms with van der Waals surface area (Å²) < 4.78 is 5.15. The molecule has 3 heterocycles. The van der Waals surface area contributed by atoms with Gasteiger partial charge in [-0.1, -0.05) is 30.3 Å². The lowest BCUT2D eigenvalue weighted by Crippen LogP contribution is -2.13. The van der Waals surface area contributed by atoms with E-state index in [1.807, 2.05) is 0 Å². The highest BCUT2D eigenvalue weighted by molar-refractivity contribution is 7.15. The molecule has 0 saturated carbocycles. The molecule has 120 valence electrons. The number of anilines is 1. The van der Waals surface area contributed by atoms with Gasteiger partial charge in [0.25, 0.3) is 11.6 Å². The number of hydrogen-bond acceptors (Lipinski definition) is 7. The van der Waals surface area contributed by atoms with E-state index in [0.717, 1.165) is 11.4 Å². The van der Waals surface area contributed by atoms with Crippen molar-refractivity contribution >= 4 is 33.5 Å². The number of aryl methyl sites for hydroxylation is 2. The SMILES string of the molecule is Cc1cc(C(=O)Nc2nnc(CC(C)C)s2)c2c(C)noc2n1. The van der Waals surface area contributed by atoms with Crippen LogP contribution in [0.5, 0.6) is 0 Å². The van der Waals surface area contributed by atoms with E-state index >= 15 is 0 Å². The van der Waals surface area contributed by atoms with Crippen molar-refractivity contribution in [2.75, 3.05) is 5.32 Å². The molecular weight excluding hydrogens is 314 g/mol. The van der Waals surface area contributed by atoms with Crippen molar-refractivity contribution in [1.82, 2.24) is 20.3 Å². The van der Waals surface area contributed by atoms with E-state index in [0.29, 0.717) is 39.1 Å². The Hall–Kier alpha value is -2.35. The molecule has 0 fully saturated rings. The highest BCUT2D eigenvalue weighted by atomic mass is 32.1. The third-order valence-corrected chi connectivity index (χ3v) is 4.12. The van der Waals surface area contributed by atoms with Gasteiger partial charge in [-0.3, -0.25) is 10.1 Å². The van der Waals surface area contributed by atoms with Crippen molar-refractivity contribution in [3.63, 3.8) is 0 Å². The number of carbonyl (C=O) groups is 1. The first kappa shape index (κ1) is 15.5. The van der Waals surface area contributed by atoms with Crippen LogP contribution in [0.15, 0.2) is 10.6 Å². The molecular formula is C15H17N5O2S. The van der Waals surface area contributed by atoms with Gasteiger partial charge in [-0.25, -0.2) is 4.98 Å². The Kier molecular flexibility index (Phi) is 4.08. The van der Waals surface area contributed by atoms with Crippen LogP contribution in [0.1, 0.15) is 40.6 Å². The second-order valence-corrected chi connectivity index (χ2v) is 6.87. The number of rotatable bonds is 4. The van der Waals surface area contributed by atoms with E-state index < -0.39 is 0 Å². The summed E-state index contributed by atoms with van der Waals surface area (Å²) in [5, 5.41) is 16.8. The Morgan fingerprint density at radius 2 is 2.13 bits per heavy atom. The van der Waals surface area contributed by atoms with Gasteiger partial charge < -0.3 is 4.52 Å². The van der Waals surface area contributed by atoms with Crippen LogP contribution in [0, 0.1) is 19.8 Å². The van der Waals surface area contributed by atoms with Crippen molar-refractivity contribution < 1.29 is 9.32 Å². The summed E-state index contributed by atoms with van der Waals surface area (Å²) in [6, 6.07) is 1.72. The smallest absolute Gasteiger partial charge is 0.258 e. The van der Waals surface area contributed by atoms with Crippen LogP contribution in [0.3, 0.4) is 0 Å². The number of amides is 1. The van der Waals surface area contributed by atoms with E-state index in [-0.39, 0.29) is 5.91 Å². The molecule has 0 atom stereocenters. The number of hydrogen-bond donors (Lipinski definition) is 1. The van der Waals surface area contributed by atoms with Gasteiger partial charge in [0, 0.05) is 12.1 Å². The third-order valence-electron chi connectivity index (χ3n) is 3.26. The number of carbonyl (C=O) groups excluding carboxylic acids is 1. The lowest BCUT2D eigenvalue weighted by Gasteiger charge is -2.03. The number of nitrogens with one attached hydrogen (secondary N) is 1. The minimum absolute atomic E-state index is 0.265. The second kappa shape index (κ2) is 6.04. The van der Waals surface area contributed by atoms with Crippen LogP contribution in [-0.4, -0.2) is 26.2 Å². The maximum atomic E-state index is 12.6. The fraction of sp³-hybridized carbons (Fsp3) is 0.400. The molecule has 0 bridgehead atoms. The van der Waals surface area contributed by atoms with E-state index in [4.69, 9.17) is 4.52 Å². The van der Waals surface area contributed by atoms with Gasteiger partial charge in [-0.15, -0.1) is 10.2 Å². The Bertz CT molecular complexity index is 868. The average molecular weight is 331 g/mol. The number of nitrogens with zero attached hydrogens (tertiary/aromatic N) is 4. The number of aromatic nitrogens is 4. The summed E-state index contributed by atoms with van der Waals surface area (Å²) in [5.74, 6) is 0.229. The lowest BCUT2D eigenvalue weighted by molar-refractivity contribution is 0.102. The molecule has 3 rings (SSSR count). The summed E-state index contributed by atoms with van der Waals surface area (Å²) >= 11 is 1.39. The molecule has 3 aromatic rings. The molecule has 0 aliphatic carbocycles. The molecule has 0 aliphatic rings. The topological polar surface area (TPSA) is 93.8 Å². The fourth-order valence-corrected chi connectivity index (χ4v) is 3.24. The van der Waals surface area contributed by atoms with Crippen LogP contribution >= 0.6 is 11.3 Å². The molecule has 1 N–H and O–H groups in total. The Morgan fingerprint density at radius 1 is 1.35 bits per heavy atom. The predicted molar refractivity (Wildman–Crippen MR) is 87.7 cm³/mol. The van der Waals surface area contributed by atoms with Crippen molar-refractivity contribution in [2.24, 2.45) is 5.92 Å². The van der Waals surface area contributed by atoms with E-state index in [1.54, 1.807) is 19.9 Å². The zero-order valence-electron chi connectivity index (χ0n) is 13.4. The van der Waals surface area contributed by atoms with Crippen LogP contribution in [-0.2, 0) is 6.42 Å². The third kappa shape index (κ3) is 3.21. The summed E-state index contributed by atoms with van der Waals surface area (Å²) in [4.78, 5) is 16.8. The first-order chi connectivity index (χ1) is 10.9. The summed E-state index contributed by atoms with van der Waals surface area (Å²) in [6.45, 7) is 7.82. The molecule has 0 aliphatic heterocycles. The van der Waals surface area contributed by atoms with Gasteiger partial charge in [0.2, 0.25) is 5.13 Å². The molecule has 1 amide bonds. The highest BCUT2D eigenvalue weighted by Crippen LogP contribution is 2.24. The Labute approximate surface area is 137 Å². The summed E-state index contributed by atoms with van der Waals surface area (Å²) in [6.07, 6.45) is 0.844. The fourth-order valence-electron chi connectivity index (χ4n) is 2.30. The van der Waals surface area contributed by atoms with Crippen molar-refractivity contribution in [3.8, 4) is 0 Å². The normalized spacial score (nSPS) is 11.3. The van der Waals surface area contributed by atoms with Gasteiger partial charge in [0.15, 0.2) is 0 Å². The molecule has 8 heteroatoms. The van der Waals surface area contributed by atoms with Crippen molar-refractivity contribution in [2.45, 2.75) is 34.1 Å². The summed E-state index contributed by atoms with van der Waals surface area (Å²) in [7, 11) is 0. The van der Waals surface area contributed by atoms with Crippen LogP contribution in [0.2, 0.25) is 0 Å². The van der Waals surface area contributed by atoms with Crippen LogP contribution in [0.25, 0.3) is 11.1 Å². The lowest BCUT2D eigenvalue weighted by atomic mass is 10.1. The number of fused-ring (bicyclic) bond motifs is 1. The standard InChI is InChI=1S/C15H17N5O2S/c1-7(2)5-11-18-19-15(23-11)17-13(21)10-6-8(3)16-14-12(10)9(4)20-22-14/h6-7H,5H2,1-4H3,(H,17,19,21). The zero-order valence-corrected chi connectivity index (χ0v) is 14.2. The first-order valence-electron chi connectivity index (χ1n) is 7.31. The van der Waals surface area contributed by atoms with E-state index in [2.05, 4.69) is 39.5 Å². The average Bonchev–Trinajstić information content (AvgIpc) is 3.04. The Morgan fingerprint density at radius 3 is 2.87 bits per heavy atom. The molecule has 0 spiro atoms. The van der Waals surface area contributed by atoms with E-state index in [9.17, 15) is 4.79 Å². The maximum Gasteiger partial charge on any atom is 0.258 e. The quantitative estimate of drug-likeness (QED) is 0.789. The second-order valence-electron chi connectivity index (χ2n) is 5.81. The van der Waals surface area contributed by atoms with Gasteiger partial charge in [0.05, 0.1) is 16.6 Å². The van der Waals surface area contributed by atoms with Crippen molar-refractivity contribution in [1.29, 1.82) is 0 Å². The maximum absolute atomic E-state index is 12.6. The zero-order chi connectivity index (χ0) is 16.6. The van der Waals surface area contributed by atoms with Gasteiger partial charge >= 0.3 is 0 Å². The van der Waals surface area contributed by atoms with Crippen LogP contribution < -0.4 is 5.32 Å². The van der Waals surface area contributed by atoms with Crippen LogP contribution in [0.4, 0.5) is 5.13 Å². The molecule has 7 nitrogen and oxygen atoms in total. The molecule has 0 radical (unpaired) electrons. The first-order valence-corrected chi connectivity index (χ1v) is 8.13. The summed E-state index contributed by atoms with van der Waals surface area (Å²) in [5.41, 5.74) is 2.17. The molecule has 3 aromatic heterocycles. The van der Waals surface area contributed by atoms with E-state index in [1.165, 1.54) is 11.3 Å². The minimum Gasteiger partial charge on any atom is -0.336 e. The molecule has 0 unspecified atom stereocenters. The Balaban J connectivity index is 1.89. The van der Waals surface area contributed by atoms with Gasteiger partial charge in [-0.2, -0.15) is 0 Å². The molecule has 23 heavy (non-hydrogen) atoms. The molecule has 0 aromatic carbocycles. The van der Waals surface area contributed by atoms with Gasteiger partial charge in [0.1, 0.15) is 5.01 Å². The predicted octanol–water partition coefficient (Wildman–Crippen LogP) is 3.14. The largest absolute Gasteiger partial charge is 0.336 e. The minimum atomic E-state index is -0.265. The number of pyridine rings is 1. The van der Waals surface area contributed by atoms with Gasteiger partial charge in [-0.05, 0) is 25.8 Å². The monoisotopic (exact) mass is 331 g/mol. The highest BCUT2D eigenvalue weighted by Gasteiger charge is 2.19. The van der Waals surface area contributed by atoms with Crippen molar-refractivity contribution in [3.05, 3.63) is 28.0 Å².